The summed E-state index contributed by atoms with van der Waals surface area (Å²) in [4.78, 5) is 29.5. The lowest BCUT2D eigenvalue weighted by Gasteiger charge is -2.35. The molecule has 1 atom stereocenters. The second-order valence-electron chi connectivity index (χ2n) is 11.9. The fourth-order valence-corrected chi connectivity index (χ4v) is 6.18. The van der Waals surface area contributed by atoms with E-state index in [-0.39, 0.29) is 23.5 Å². The molecular weight excluding hydrogens is 596 g/mol. The second kappa shape index (κ2) is 14.0. The van der Waals surface area contributed by atoms with E-state index < -0.39 is 51.6 Å². The number of halogens is 2. The zero-order valence-electron chi connectivity index (χ0n) is 25.7. The smallest absolute Gasteiger partial charge is 0.264 e. The Hall–Kier alpha value is -4.57. The summed E-state index contributed by atoms with van der Waals surface area (Å²) in [7, 11) is -4.31. The highest BCUT2D eigenvalue weighted by atomic mass is 32.2. The number of hydrogen-bond donors (Lipinski definition) is 1. The minimum atomic E-state index is -4.31. The maximum atomic E-state index is 14.4. The quantitative estimate of drug-likeness (QED) is 0.219. The van der Waals surface area contributed by atoms with Crippen LogP contribution in [0.25, 0.3) is 0 Å². The van der Waals surface area contributed by atoms with E-state index in [0.717, 1.165) is 27.6 Å². The fraction of sp³-hybridized carbons (Fsp3) is 0.257. The summed E-state index contributed by atoms with van der Waals surface area (Å²) in [6, 6.07) is 24.6. The molecule has 7 nitrogen and oxygen atoms in total. The standard InChI is InChI=1S/C35H37F2N3O4S/c1-25-10-20-31(21-11-25)45(43,44)40(30-18-16-29(37)17-19-30)24-33(41)39(23-27-12-14-28(36)15-13-27)32(34(42)38-35(2,3)4)22-26-8-6-5-7-9-26/h5-21,32H,22-24H2,1-4H3,(H,38,42). The highest BCUT2D eigenvalue weighted by Gasteiger charge is 2.35. The monoisotopic (exact) mass is 633 g/mol. The number of carbonyl (C=O) groups is 2. The van der Waals surface area contributed by atoms with E-state index >= 15 is 0 Å². The molecule has 4 aromatic carbocycles. The van der Waals surface area contributed by atoms with Crippen molar-refractivity contribution >= 4 is 27.5 Å². The molecule has 1 unspecified atom stereocenters. The van der Waals surface area contributed by atoms with Gasteiger partial charge in [-0.05, 0) is 87.4 Å². The van der Waals surface area contributed by atoms with E-state index in [4.69, 9.17) is 0 Å². The van der Waals surface area contributed by atoms with Crippen LogP contribution >= 0.6 is 0 Å². The number of aryl methyl sites for hydroxylation is 1. The van der Waals surface area contributed by atoms with E-state index in [1.165, 1.54) is 53.4 Å². The Kier molecular flexibility index (Phi) is 10.4. The van der Waals surface area contributed by atoms with Crippen molar-refractivity contribution in [3.8, 4) is 0 Å². The highest BCUT2D eigenvalue weighted by Crippen LogP contribution is 2.26. The fourth-order valence-electron chi connectivity index (χ4n) is 4.77. The highest BCUT2D eigenvalue weighted by molar-refractivity contribution is 7.92. The summed E-state index contributed by atoms with van der Waals surface area (Å²) in [5, 5.41) is 2.96. The van der Waals surface area contributed by atoms with Gasteiger partial charge in [0, 0.05) is 18.5 Å². The summed E-state index contributed by atoms with van der Waals surface area (Å²) in [5.41, 5.74) is 1.61. The van der Waals surface area contributed by atoms with Crippen molar-refractivity contribution in [2.24, 2.45) is 0 Å². The van der Waals surface area contributed by atoms with Crippen molar-refractivity contribution < 1.29 is 26.8 Å². The van der Waals surface area contributed by atoms with Crippen LogP contribution in [0.15, 0.2) is 108 Å². The van der Waals surface area contributed by atoms with Gasteiger partial charge in [0.05, 0.1) is 10.6 Å². The molecule has 1 N–H and O–H groups in total. The summed E-state index contributed by atoms with van der Waals surface area (Å²) in [6.45, 7) is 6.50. The molecule has 0 aliphatic rings. The first-order chi connectivity index (χ1) is 21.2. The predicted molar refractivity (Wildman–Crippen MR) is 171 cm³/mol. The molecule has 0 saturated heterocycles. The molecule has 10 heteroatoms. The van der Waals surface area contributed by atoms with Gasteiger partial charge in [0.25, 0.3) is 10.0 Å². The zero-order chi connectivity index (χ0) is 32.8. The van der Waals surface area contributed by atoms with Crippen molar-refractivity contribution in [2.75, 3.05) is 10.8 Å². The number of benzene rings is 4. The molecule has 0 fully saturated rings. The van der Waals surface area contributed by atoms with E-state index in [0.29, 0.717) is 5.56 Å². The van der Waals surface area contributed by atoms with Gasteiger partial charge in [-0.15, -0.1) is 0 Å². The average Bonchev–Trinajstić information content (AvgIpc) is 2.99. The molecule has 2 amide bonds. The second-order valence-corrected chi connectivity index (χ2v) is 13.8. The lowest BCUT2D eigenvalue weighted by Crippen LogP contribution is -2.56. The Morgan fingerprint density at radius 3 is 1.89 bits per heavy atom. The SMILES string of the molecule is Cc1ccc(S(=O)(=O)N(CC(=O)N(Cc2ccc(F)cc2)C(Cc2ccccc2)C(=O)NC(C)(C)C)c2ccc(F)cc2)cc1. The normalized spacial score (nSPS) is 12.3. The molecule has 0 spiro atoms. The molecule has 0 bridgehead atoms. The van der Waals surface area contributed by atoms with Crippen LogP contribution in [0.1, 0.15) is 37.5 Å². The topological polar surface area (TPSA) is 86.8 Å². The Labute approximate surface area is 263 Å². The molecular formula is C35H37F2N3O4S. The molecule has 0 aliphatic heterocycles. The largest absolute Gasteiger partial charge is 0.350 e. The van der Waals surface area contributed by atoms with E-state index in [9.17, 15) is 26.8 Å². The van der Waals surface area contributed by atoms with Crippen molar-refractivity contribution in [3.05, 3.63) is 131 Å². The van der Waals surface area contributed by atoms with Crippen LogP contribution in [-0.4, -0.2) is 43.3 Å². The van der Waals surface area contributed by atoms with Gasteiger partial charge in [0.15, 0.2) is 0 Å². The Morgan fingerprint density at radius 2 is 1.33 bits per heavy atom. The number of anilines is 1. The summed E-state index contributed by atoms with van der Waals surface area (Å²) in [6.07, 6.45) is 0.136. The minimum absolute atomic E-state index is 0.0541. The molecule has 0 heterocycles. The van der Waals surface area contributed by atoms with Crippen LogP contribution in [-0.2, 0) is 32.6 Å². The lowest BCUT2D eigenvalue weighted by molar-refractivity contribution is -0.140. The van der Waals surface area contributed by atoms with Gasteiger partial charge in [-0.2, -0.15) is 0 Å². The van der Waals surface area contributed by atoms with Crippen molar-refractivity contribution in [3.63, 3.8) is 0 Å². The first-order valence-electron chi connectivity index (χ1n) is 14.5. The van der Waals surface area contributed by atoms with Crippen LogP contribution in [0.2, 0.25) is 0 Å². The minimum Gasteiger partial charge on any atom is -0.350 e. The molecule has 236 valence electrons. The van der Waals surface area contributed by atoms with Crippen LogP contribution in [0, 0.1) is 18.6 Å². The van der Waals surface area contributed by atoms with Gasteiger partial charge in [0.2, 0.25) is 11.8 Å². The van der Waals surface area contributed by atoms with E-state index in [1.54, 1.807) is 12.1 Å². The number of carbonyl (C=O) groups excluding carboxylic acids is 2. The van der Waals surface area contributed by atoms with Crippen molar-refractivity contribution in [2.45, 2.75) is 57.1 Å². The number of sulfonamides is 1. The molecule has 45 heavy (non-hydrogen) atoms. The number of hydrogen-bond acceptors (Lipinski definition) is 4. The van der Waals surface area contributed by atoms with E-state index in [2.05, 4.69) is 5.32 Å². The van der Waals surface area contributed by atoms with Gasteiger partial charge in [-0.1, -0.05) is 60.2 Å². The molecule has 4 aromatic rings. The van der Waals surface area contributed by atoms with Gasteiger partial charge in [-0.3, -0.25) is 13.9 Å². The number of nitrogens with zero attached hydrogens (tertiary/aromatic N) is 2. The number of amides is 2. The lowest BCUT2D eigenvalue weighted by atomic mass is 10.0. The van der Waals surface area contributed by atoms with E-state index in [1.807, 2.05) is 58.0 Å². The maximum absolute atomic E-state index is 14.4. The van der Waals surface area contributed by atoms with Gasteiger partial charge in [0.1, 0.15) is 24.2 Å². The Balaban J connectivity index is 1.81. The van der Waals surface area contributed by atoms with Crippen LogP contribution in [0.4, 0.5) is 14.5 Å². The van der Waals surface area contributed by atoms with Crippen molar-refractivity contribution in [1.29, 1.82) is 0 Å². The first-order valence-corrected chi connectivity index (χ1v) is 15.9. The molecule has 0 aromatic heterocycles. The van der Waals surface area contributed by atoms with Crippen molar-refractivity contribution in [1.82, 2.24) is 10.2 Å². The van der Waals surface area contributed by atoms with Gasteiger partial charge >= 0.3 is 0 Å². The zero-order valence-corrected chi connectivity index (χ0v) is 26.5. The van der Waals surface area contributed by atoms with Crippen LogP contribution < -0.4 is 9.62 Å². The number of rotatable bonds is 11. The number of nitrogens with one attached hydrogen (secondary N) is 1. The van der Waals surface area contributed by atoms with Crippen LogP contribution in [0.5, 0.6) is 0 Å². The summed E-state index contributed by atoms with van der Waals surface area (Å²) < 4.78 is 56.6. The first kappa shape index (κ1) is 33.3. The van der Waals surface area contributed by atoms with Crippen LogP contribution in [0.3, 0.4) is 0 Å². The third kappa shape index (κ3) is 8.98. The van der Waals surface area contributed by atoms with Gasteiger partial charge in [-0.25, -0.2) is 17.2 Å². The average molecular weight is 634 g/mol. The molecule has 0 aliphatic carbocycles. The molecule has 0 saturated carbocycles. The molecule has 0 radical (unpaired) electrons. The molecule has 4 rings (SSSR count). The maximum Gasteiger partial charge on any atom is 0.264 e. The third-order valence-electron chi connectivity index (χ3n) is 7.04. The van der Waals surface area contributed by atoms with Gasteiger partial charge < -0.3 is 10.2 Å². The summed E-state index contributed by atoms with van der Waals surface area (Å²) in [5.74, 6) is -2.15. The summed E-state index contributed by atoms with van der Waals surface area (Å²) >= 11 is 0. The Morgan fingerprint density at radius 1 is 0.778 bits per heavy atom. The predicted octanol–water partition coefficient (Wildman–Crippen LogP) is 6.02. The third-order valence-corrected chi connectivity index (χ3v) is 8.83. The Bertz CT molecular complexity index is 1710.